The predicted molar refractivity (Wildman–Crippen MR) is 58.2 cm³/mol. The Labute approximate surface area is 90.3 Å². The fourth-order valence-electron chi connectivity index (χ4n) is 1.63. The molecule has 2 rings (SSSR count). The van der Waals surface area contributed by atoms with E-state index in [1.807, 2.05) is 18.2 Å². The summed E-state index contributed by atoms with van der Waals surface area (Å²) in [7, 11) is 0. The van der Waals surface area contributed by atoms with Crippen molar-refractivity contribution in [3.05, 3.63) is 35.9 Å². The molecule has 0 radical (unpaired) electrons. The summed E-state index contributed by atoms with van der Waals surface area (Å²) in [5.41, 5.74) is 4.26. The Hall–Kier alpha value is -0.900. The first-order valence-electron chi connectivity index (χ1n) is 5.45. The molecule has 1 saturated heterocycles. The average Bonchev–Trinajstić information content (AvgIpc) is 2.32. The van der Waals surface area contributed by atoms with E-state index in [1.165, 1.54) is 5.56 Å². The van der Waals surface area contributed by atoms with Gasteiger partial charge in [-0.25, -0.2) is 0 Å². The fraction of sp³-hybridized carbons (Fsp3) is 0.500. The van der Waals surface area contributed by atoms with Gasteiger partial charge < -0.3 is 4.74 Å². The first kappa shape index (κ1) is 10.6. The maximum atomic E-state index is 5.56. The number of rotatable bonds is 4. The van der Waals surface area contributed by atoms with Gasteiger partial charge in [-0.05, 0) is 18.4 Å². The van der Waals surface area contributed by atoms with Crippen molar-refractivity contribution < 1.29 is 9.57 Å². The average molecular weight is 207 g/mol. The lowest BCUT2D eigenvalue weighted by molar-refractivity contribution is -0.0801. The second-order valence-corrected chi connectivity index (χ2v) is 3.74. The van der Waals surface area contributed by atoms with Crippen LogP contribution in [-0.2, 0) is 16.1 Å². The number of ether oxygens (including phenoxy) is 1. The van der Waals surface area contributed by atoms with Gasteiger partial charge in [0.1, 0.15) is 0 Å². The number of benzene rings is 1. The van der Waals surface area contributed by atoms with Crippen LogP contribution in [0.5, 0.6) is 0 Å². The lowest BCUT2D eigenvalue weighted by Gasteiger charge is -2.22. The van der Waals surface area contributed by atoms with E-state index < -0.39 is 0 Å². The monoisotopic (exact) mass is 207 g/mol. The van der Waals surface area contributed by atoms with Crippen LogP contribution in [0.2, 0.25) is 0 Å². The summed E-state index contributed by atoms with van der Waals surface area (Å²) in [6.07, 6.45) is 2.28. The molecule has 1 aromatic rings. The first-order valence-corrected chi connectivity index (χ1v) is 5.45. The zero-order valence-corrected chi connectivity index (χ0v) is 8.82. The Balaban J connectivity index is 1.66. The minimum Gasteiger partial charge on any atom is -0.381 e. The highest BCUT2D eigenvalue weighted by atomic mass is 16.7. The van der Waals surface area contributed by atoms with Crippen LogP contribution in [0.15, 0.2) is 30.3 Å². The molecular weight excluding hydrogens is 190 g/mol. The van der Waals surface area contributed by atoms with Gasteiger partial charge in [-0.2, -0.15) is 5.48 Å². The predicted octanol–water partition coefficient (Wildman–Crippen LogP) is 1.89. The lowest BCUT2D eigenvalue weighted by Crippen LogP contribution is -2.29. The molecule has 3 nitrogen and oxygen atoms in total. The molecule has 0 aliphatic carbocycles. The molecular formula is C12H17NO2. The van der Waals surface area contributed by atoms with Crippen molar-refractivity contribution in [3.8, 4) is 0 Å². The second-order valence-electron chi connectivity index (χ2n) is 3.74. The van der Waals surface area contributed by atoms with E-state index in [9.17, 15) is 0 Å². The van der Waals surface area contributed by atoms with Gasteiger partial charge in [-0.15, -0.1) is 0 Å². The molecule has 0 atom stereocenters. The molecule has 1 fully saturated rings. The van der Waals surface area contributed by atoms with E-state index in [-0.39, 0.29) is 0 Å². The summed E-state index contributed by atoms with van der Waals surface area (Å²) in [5.74, 6) is 0. The summed E-state index contributed by atoms with van der Waals surface area (Å²) in [6.45, 7) is 2.40. The minimum absolute atomic E-state index is 0.308. The van der Waals surface area contributed by atoms with E-state index in [1.54, 1.807) is 0 Å². The van der Waals surface area contributed by atoms with Gasteiger partial charge in [0.15, 0.2) is 0 Å². The highest BCUT2D eigenvalue weighted by Crippen LogP contribution is 2.09. The van der Waals surface area contributed by atoms with Gasteiger partial charge in [0.2, 0.25) is 0 Å². The van der Waals surface area contributed by atoms with E-state index in [0.29, 0.717) is 6.10 Å². The maximum absolute atomic E-state index is 5.56. The Morgan fingerprint density at radius 3 is 2.67 bits per heavy atom. The zero-order chi connectivity index (χ0) is 10.3. The van der Waals surface area contributed by atoms with Crippen molar-refractivity contribution in [3.63, 3.8) is 0 Å². The van der Waals surface area contributed by atoms with Gasteiger partial charge >= 0.3 is 0 Å². The minimum atomic E-state index is 0.308. The third kappa shape index (κ3) is 3.63. The van der Waals surface area contributed by atoms with Crippen LogP contribution in [0.1, 0.15) is 18.4 Å². The van der Waals surface area contributed by atoms with Crippen LogP contribution >= 0.6 is 0 Å². The number of nitrogens with one attached hydrogen (secondary N) is 1. The van der Waals surface area contributed by atoms with Gasteiger partial charge in [0.25, 0.3) is 0 Å². The van der Waals surface area contributed by atoms with Crippen LogP contribution < -0.4 is 5.48 Å². The topological polar surface area (TPSA) is 30.5 Å². The largest absolute Gasteiger partial charge is 0.381 e. The smallest absolute Gasteiger partial charge is 0.0834 e. The molecule has 1 aliphatic rings. The number of hydroxylamine groups is 1. The first-order chi connectivity index (χ1) is 7.45. The van der Waals surface area contributed by atoms with E-state index in [2.05, 4.69) is 17.6 Å². The maximum Gasteiger partial charge on any atom is 0.0834 e. The van der Waals surface area contributed by atoms with Crippen LogP contribution in [0.4, 0.5) is 0 Å². The van der Waals surface area contributed by atoms with E-state index >= 15 is 0 Å². The molecule has 0 unspecified atom stereocenters. The van der Waals surface area contributed by atoms with Crippen LogP contribution in [0.25, 0.3) is 0 Å². The SMILES string of the molecule is c1ccc(CNOC2CCOCC2)cc1. The van der Waals surface area contributed by atoms with Crippen LogP contribution in [0, 0.1) is 0 Å². The molecule has 82 valence electrons. The van der Waals surface area contributed by atoms with Crippen molar-refractivity contribution in [2.75, 3.05) is 13.2 Å². The van der Waals surface area contributed by atoms with Gasteiger partial charge in [-0.3, -0.25) is 4.84 Å². The van der Waals surface area contributed by atoms with Crippen molar-refractivity contribution in [2.45, 2.75) is 25.5 Å². The molecule has 0 spiro atoms. The van der Waals surface area contributed by atoms with Crippen molar-refractivity contribution in [1.82, 2.24) is 5.48 Å². The third-order valence-electron chi connectivity index (χ3n) is 2.54. The quantitative estimate of drug-likeness (QED) is 0.765. The van der Waals surface area contributed by atoms with Crippen LogP contribution in [0.3, 0.4) is 0 Å². The normalized spacial score (nSPS) is 17.9. The molecule has 15 heavy (non-hydrogen) atoms. The highest BCUT2D eigenvalue weighted by molar-refractivity contribution is 5.13. The number of hydrogen-bond donors (Lipinski definition) is 1. The van der Waals surface area contributed by atoms with Crippen molar-refractivity contribution >= 4 is 0 Å². The summed E-state index contributed by atoms with van der Waals surface area (Å²) < 4.78 is 5.26. The molecule has 0 saturated carbocycles. The Morgan fingerprint density at radius 1 is 1.20 bits per heavy atom. The Bertz CT molecular complexity index is 270. The lowest BCUT2D eigenvalue weighted by atomic mass is 10.2. The molecule has 1 aromatic carbocycles. The van der Waals surface area contributed by atoms with Gasteiger partial charge in [-0.1, -0.05) is 30.3 Å². The summed E-state index contributed by atoms with van der Waals surface area (Å²) >= 11 is 0. The third-order valence-corrected chi connectivity index (χ3v) is 2.54. The highest BCUT2D eigenvalue weighted by Gasteiger charge is 2.13. The van der Waals surface area contributed by atoms with E-state index in [4.69, 9.17) is 9.57 Å². The molecule has 0 bridgehead atoms. The van der Waals surface area contributed by atoms with Gasteiger partial charge in [0, 0.05) is 19.8 Å². The molecule has 1 N–H and O–H groups in total. The van der Waals surface area contributed by atoms with Crippen molar-refractivity contribution in [1.29, 1.82) is 0 Å². The molecule has 0 amide bonds. The molecule has 1 aliphatic heterocycles. The summed E-state index contributed by atoms with van der Waals surface area (Å²) in [5, 5.41) is 0. The Kier molecular flexibility index (Phi) is 4.14. The summed E-state index contributed by atoms with van der Waals surface area (Å²) in [6, 6.07) is 10.3. The van der Waals surface area contributed by atoms with E-state index in [0.717, 1.165) is 32.6 Å². The summed E-state index contributed by atoms with van der Waals surface area (Å²) in [4.78, 5) is 5.56. The molecule has 0 aromatic heterocycles. The van der Waals surface area contributed by atoms with Gasteiger partial charge in [0.05, 0.1) is 6.10 Å². The number of hydrogen-bond acceptors (Lipinski definition) is 3. The standard InChI is InChI=1S/C12H17NO2/c1-2-4-11(5-3-1)10-13-15-12-6-8-14-9-7-12/h1-5,12-13H,6-10H2. The van der Waals surface area contributed by atoms with Crippen molar-refractivity contribution in [2.24, 2.45) is 0 Å². The molecule has 3 heteroatoms. The molecule has 1 heterocycles. The zero-order valence-electron chi connectivity index (χ0n) is 8.82. The fourth-order valence-corrected chi connectivity index (χ4v) is 1.63. The van der Waals surface area contributed by atoms with Crippen LogP contribution in [-0.4, -0.2) is 19.3 Å². The Morgan fingerprint density at radius 2 is 1.93 bits per heavy atom. The second kappa shape index (κ2) is 5.85.